The predicted molar refractivity (Wildman–Crippen MR) is 130 cm³/mol. The lowest BCUT2D eigenvalue weighted by atomic mass is 10.1. The van der Waals surface area contributed by atoms with Crippen molar-refractivity contribution in [3.05, 3.63) is 59.7 Å². The molecule has 4 rings (SSSR count). The minimum atomic E-state index is -4.35. The summed E-state index contributed by atoms with van der Waals surface area (Å²) >= 11 is 0. The van der Waals surface area contributed by atoms with Crippen molar-refractivity contribution in [2.24, 2.45) is 0 Å². The number of ether oxygens (including phenoxy) is 1. The van der Waals surface area contributed by atoms with Gasteiger partial charge in [-0.05, 0) is 48.9 Å². The Morgan fingerprint density at radius 1 is 0.861 bits per heavy atom. The maximum Gasteiger partial charge on any atom is 0.416 e. The number of nitrogens with zero attached hydrogens (tertiary/aromatic N) is 4. The van der Waals surface area contributed by atoms with Crippen LogP contribution in [0.3, 0.4) is 0 Å². The number of hydrogen-bond acceptors (Lipinski definition) is 6. The Hall–Kier alpha value is -3.11. The van der Waals surface area contributed by atoms with Gasteiger partial charge in [-0.3, -0.25) is 24.3 Å². The molecule has 0 radical (unpaired) electrons. The SMILES string of the molecule is COc1cccc(CN2C(=O)CN(CCCN3CCN(c4cccc(C(F)(F)F)c4)CC3)CC2=O)c1. The number of methoxy groups -OCH3 is 1. The predicted octanol–water partition coefficient (Wildman–Crippen LogP) is 3.10. The summed E-state index contributed by atoms with van der Waals surface area (Å²) in [6.45, 7) is 4.91. The summed E-state index contributed by atoms with van der Waals surface area (Å²) < 4.78 is 44.2. The third-order valence-corrected chi connectivity index (χ3v) is 6.65. The molecule has 194 valence electrons. The Bertz CT molecular complexity index is 1050. The molecule has 0 aliphatic carbocycles. The smallest absolute Gasteiger partial charge is 0.416 e. The van der Waals surface area contributed by atoms with Crippen molar-refractivity contribution in [1.82, 2.24) is 14.7 Å². The van der Waals surface area contributed by atoms with Crippen LogP contribution in [-0.2, 0) is 22.3 Å². The summed E-state index contributed by atoms with van der Waals surface area (Å²) in [7, 11) is 1.57. The number of carbonyl (C=O) groups excluding carboxylic acids is 2. The van der Waals surface area contributed by atoms with Crippen molar-refractivity contribution in [2.75, 3.05) is 64.4 Å². The zero-order chi connectivity index (χ0) is 25.7. The van der Waals surface area contributed by atoms with Crippen LogP contribution in [0.5, 0.6) is 5.75 Å². The van der Waals surface area contributed by atoms with Gasteiger partial charge in [0.25, 0.3) is 0 Å². The Morgan fingerprint density at radius 3 is 2.19 bits per heavy atom. The molecule has 2 fully saturated rings. The van der Waals surface area contributed by atoms with Gasteiger partial charge in [-0.25, -0.2) is 0 Å². The zero-order valence-electron chi connectivity index (χ0n) is 20.3. The normalized spacial score (nSPS) is 18.1. The summed E-state index contributed by atoms with van der Waals surface area (Å²) in [6.07, 6.45) is -3.54. The van der Waals surface area contributed by atoms with E-state index in [0.29, 0.717) is 31.1 Å². The molecular formula is C26H31F3N4O3. The highest BCUT2D eigenvalue weighted by atomic mass is 19.4. The summed E-state index contributed by atoms with van der Waals surface area (Å²) in [5.74, 6) is 0.272. The standard InChI is InChI=1S/C26H31F3N4O3/c1-36-23-8-2-5-20(15-23)17-33-24(34)18-31(19-25(33)35)10-4-9-30-11-13-32(14-12-30)22-7-3-6-21(16-22)26(27,28)29/h2-3,5-8,15-16H,4,9-14,17-19H2,1H3. The van der Waals surface area contributed by atoms with Crippen LogP contribution in [0.2, 0.25) is 0 Å². The maximum atomic E-state index is 13.0. The van der Waals surface area contributed by atoms with Gasteiger partial charge in [-0.2, -0.15) is 13.2 Å². The van der Waals surface area contributed by atoms with Gasteiger partial charge >= 0.3 is 6.18 Å². The van der Waals surface area contributed by atoms with Gasteiger partial charge in [-0.15, -0.1) is 0 Å². The van der Waals surface area contributed by atoms with E-state index in [4.69, 9.17) is 4.74 Å². The summed E-state index contributed by atoms with van der Waals surface area (Å²) in [4.78, 5) is 32.7. The Morgan fingerprint density at radius 2 is 1.53 bits per heavy atom. The van der Waals surface area contributed by atoms with Crippen LogP contribution in [0, 0.1) is 0 Å². The molecule has 0 atom stereocenters. The second-order valence-electron chi connectivity index (χ2n) is 9.17. The first-order chi connectivity index (χ1) is 17.2. The van der Waals surface area contributed by atoms with Gasteiger partial charge in [0.1, 0.15) is 5.75 Å². The number of carbonyl (C=O) groups is 2. The largest absolute Gasteiger partial charge is 0.497 e. The molecule has 2 aliphatic rings. The van der Waals surface area contributed by atoms with Crippen LogP contribution in [0.25, 0.3) is 0 Å². The molecule has 0 saturated carbocycles. The average Bonchev–Trinajstić information content (AvgIpc) is 2.86. The quantitative estimate of drug-likeness (QED) is 0.515. The Kier molecular flexibility index (Phi) is 8.15. The van der Waals surface area contributed by atoms with Crippen molar-refractivity contribution in [3.63, 3.8) is 0 Å². The highest BCUT2D eigenvalue weighted by Gasteiger charge is 2.32. The molecule has 2 amide bonds. The van der Waals surface area contributed by atoms with E-state index in [-0.39, 0.29) is 31.4 Å². The molecule has 2 heterocycles. The van der Waals surface area contributed by atoms with E-state index >= 15 is 0 Å². The number of rotatable bonds is 8. The number of piperazine rings is 2. The number of hydrogen-bond donors (Lipinski definition) is 0. The number of imide groups is 1. The van der Waals surface area contributed by atoms with E-state index < -0.39 is 11.7 Å². The third-order valence-electron chi connectivity index (χ3n) is 6.65. The molecular weight excluding hydrogens is 473 g/mol. The number of benzene rings is 2. The maximum absolute atomic E-state index is 13.0. The second kappa shape index (κ2) is 11.3. The van der Waals surface area contributed by atoms with E-state index in [1.54, 1.807) is 13.2 Å². The summed E-state index contributed by atoms with van der Waals surface area (Å²) in [6, 6.07) is 12.8. The van der Waals surface area contributed by atoms with E-state index in [9.17, 15) is 22.8 Å². The summed E-state index contributed by atoms with van der Waals surface area (Å²) in [5, 5.41) is 0. The minimum absolute atomic E-state index is 0.205. The highest BCUT2D eigenvalue weighted by molar-refractivity contribution is 5.99. The lowest BCUT2D eigenvalue weighted by Crippen LogP contribution is -2.54. The minimum Gasteiger partial charge on any atom is -0.497 e. The van der Waals surface area contributed by atoms with Crippen molar-refractivity contribution in [3.8, 4) is 5.75 Å². The molecule has 0 spiro atoms. The van der Waals surface area contributed by atoms with Crippen LogP contribution in [0.4, 0.5) is 18.9 Å². The molecule has 2 aromatic rings. The van der Waals surface area contributed by atoms with Crippen molar-refractivity contribution in [1.29, 1.82) is 0 Å². The first-order valence-corrected chi connectivity index (χ1v) is 12.1. The molecule has 10 heteroatoms. The third kappa shape index (κ3) is 6.55. The van der Waals surface area contributed by atoms with E-state index in [1.165, 1.54) is 17.0 Å². The van der Waals surface area contributed by atoms with Gasteiger partial charge in [0.05, 0.1) is 32.3 Å². The van der Waals surface area contributed by atoms with Gasteiger partial charge in [0.2, 0.25) is 11.8 Å². The van der Waals surface area contributed by atoms with E-state index in [0.717, 1.165) is 37.7 Å². The Balaban J connectivity index is 1.20. The fourth-order valence-corrected chi connectivity index (χ4v) is 4.66. The first-order valence-electron chi connectivity index (χ1n) is 12.1. The van der Waals surface area contributed by atoms with Gasteiger partial charge in [0.15, 0.2) is 0 Å². The average molecular weight is 505 g/mol. The van der Waals surface area contributed by atoms with Gasteiger partial charge in [-0.1, -0.05) is 18.2 Å². The van der Waals surface area contributed by atoms with Crippen LogP contribution in [0.1, 0.15) is 17.5 Å². The van der Waals surface area contributed by atoms with Crippen molar-refractivity contribution in [2.45, 2.75) is 19.1 Å². The number of halogens is 3. The monoisotopic (exact) mass is 504 g/mol. The molecule has 2 saturated heterocycles. The number of amides is 2. The molecule has 0 unspecified atom stereocenters. The van der Waals surface area contributed by atoms with E-state index in [2.05, 4.69) is 4.90 Å². The molecule has 2 aromatic carbocycles. The lowest BCUT2D eigenvalue weighted by molar-refractivity contribution is -0.152. The highest BCUT2D eigenvalue weighted by Crippen LogP contribution is 2.31. The lowest BCUT2D eigenvalue weighted by Gasteiger charge is -2.37. The van der Waals surface area contributed by atoms with Crippen LogP contribution in [-0.4, -0.2) is 86.0 Å². The number of anilines is 1. The Labute approximate surface area is 209 Å². The molecule has 2 aliphatic heterocycles. The topological polar surface area (TPSA) is 56.3 Å². The fourth-order valence-electron chi connectivity index (χ4n) is 4.66. The van der Waals surface area contributed by atoms with Gasteiger partial charge < -0.3 is 9.64 Å². The fraction of sp³-hybridized carbons (Fsp3) is 0.462. The molecule has 0 N–H and O–H groups in total. The molecule has 0 aromatic heterocycles. The second-order valence-corrected chi connectivity index (χ2v) is 9.17. The van der Waals surface area contributed by atoms with Crippen molar-refractivity contribution < 1.29 is 27.5 Å². The van der Waals surface area contributed by atoms with E-state index in [1.807, 2.05) is 34.1 Å². The summed E-state index contributed by atoms with van der Waals surface area (Å²) in [5.41, 5.74) is 0.803. The van der Waals surface area contributed by atoms with Crippen LogP contribution >= 0.6 is 0 Å². The molecule has 0 bridgehead atoms. The first kappa shape index (κ1) is 26.0. The number of alkyl halides is 3. The van der Waals surface area contributed by atoms with Gasteiger partial charge in [0, 0.05) is 38.4 Å². The van der Waals surface area contributed by atoms with Crippen LogP contribution < -0.4 is 9.64 Å². The van der Waals surface area contributed by atoms with Crippen molar-refractivity contribution >= 4 is 17.5 Å². The molecule has 36 heavy (non-hydrogen) atoms. The zero-order valence-corrected chi connectivity index (χ0v) is 20.3. The van der Waals surface area contributed by atoms with Crippen LogP contribution in [0.15, 0.2) is 48.5 Å². The molecule has 7 nitrogen and oxygen atoms in total.